The molecule has 0 radical (unpaired) electrons. The molecule has 0 saturated heterocycles. The topological polar surface area (TPSA) is 12.0 Å². The van der Waals surface area contributed by atoms with E-state index >= 15 is 0 Å². The average molecular weight is 370 g/mol. The van der Waals surface area contributed by atoms with Gasteiger partial charge >= 0.3 is 0 Å². The Kier molecular flexibility index (Phi) is 4.89. The standard InChI is InChI=1S/C24H39NSi/c1-24(2,3)25-26(4,5)23-16-20(17-10-7-6-8-11-17)21-14-18-12-9-13-19(18)15-22(21)23/h6-8,10-11,18-23,25H,9,12-16H2,1-5H3. The summed E-state index contributed by atoms with van der Waals surface area (Å²) in [5.74, 6) is 4.81. The molecule has 26 heavy (non-hydrogen) atoms. The molecule has 1 N–H and O–H groups in total. The number of benzene rings is 1. The second-order valence-electron chi connectivity index (χ2n) is 11.2. The Morgan fingerprint density at radius 3 is 2.12 bits per heavy atom. The Labute approximate surface area is 162 Å². The van der Waals surface area contributed by atoms with Gasteiger partial charge in [0.15, 0.2) is 0 Å². The van der Waals surface area contributed by atoms with Crippen LogP contribution in [0.25, 0.3) is 0 Å². The fourth-order valence-electron chi connectivity index (χ4n) is 7.30. The summed E-state index contributed by atoms with van der Waals surface area (Å²) in [6, 6.07) is 11.5. The fraction of sp³-hybridized carbons (Fsp3) is 0.750. The highest BCUT2D eigenvalue weighted by atomic mass is 28.3. The van der Waals surface area contributed by atoms with E-state index in [0.717, 1.165) is 35.1 Å². The fourth-order valence-corrected chi connectivity index (χ4v) is 11.7. The third-order valence-electron chi connectivity index (χ3n) is 7.91. The highest BCUT2D eigenvalue weighted by Crippen LogP contribution is 2.62. The van der Waals surface area contributed by atoms with Crippen molar-refractivity contribution >= 4 is 8.24 Å². The molecule has 0 aromatic heterocycles. The molecule has 144 valence electrons. The lowest BCUT2D eigenvalue weighted by Crippen LogP contribution is -2.58. The summed E-state index contributed by atoms with van der Waals surface area (Å²) in [6.07, 6.45) is 9.01. The summed E-state index contributed by atoms with van der Waals surface area (Å²) in [4.78, 5) is 4.14. The number of hydrogen-bond acceptors (Lipinski definition) is 1. The molecule has 3 saturated carbocycles. The van der Waals surface area contributed by atoms with E-state index in [0.29, 0.717) is 0 Å². The van der Waals surface area contributed by atoms with Gasteiger partial charge in [0.2, 0.25) is 0 Å². The maximum absolute atomic E-state index is 4.14. The van der Waals surface area contributed by atoms with Crippen LogP contribution in [0.5, 0.6) is 0 Å². The Bertz CT molecular complexity index is 617. The van der Waals surface area contributed by atoms with E-state index in [1.54, 1.807) is 5.56 Å². The van der Waals surface area contributed by atoms with Crippen LogP contribution in [0.2, 0.25) is 18.6 Å². The first-order valence-corrected chi connectivity index (χ1v) is 14.2. The highest BCUT2D eigenvalue weighted by Gasteiger charge is 2.54. The average Bonchev–Trinajstić information content (AvgIpc) is 3.15. The Morgan fingerprint density at radius 2 is 1.50 bits per heavy atom. The molecule has 0 amide bonds. The van der Waals surface area contributed by atoms with Crippen molar-refractivity contribution in [1.29, 1.82) is 0 Å². The zero-order chi connectivity index (χ0) is 18.5. The Hall–Kier alpha value is -0.603. The van der Waals surface area contributed by atoms with E-state index in [4.69, 9.17) is 0 Å². The van der Waals surface area contributed by atoms with Crippen LogP contribution in [0.4, 0.5) is 0 Å². The number of hydrogen-bond donors (Lipinski definition) is 1. The summed E-state index contributed by atoms with van der Waals surface area (Å²) in [5, 5.41) is 0. The first-order valence-electron chi connectivity index (χ1n) is 11.1. The largest absolute Gasteiger partial charge is 0.332 e. The van der Waals surface area contributed by atoms with E-state index in [9.17, 15) is 0 Å². The van der Waals surface area contributed by atoms with Crippen molar-refractivity contribution < 1.29 is 0 Å². The summed E-state index contributed by atoms with van der Waals surface area (Å²) in [7, 11) is -1.48. The monoisotopic (exact) mass is 369 g/mol. The van der Waals surface area contributed by atoms with Crippen LogP contribution in [-0.2, 0) is 0 Å². The zero-order valence-corrected chi connectivity index (χ0v) is 18.6. The summed E-state index contributed by atoms with van der Waals surface area (Å²) < 4.78 is 0. The predicted molar refractivity (Wildman–Crippen MR) is 115 cm³/mol. The van der Waals surface area contributed by atoms with Gasteiger partial charge < -0.3 is 4.98 Å². The van der Waals surface area contributed by atoms with E-state index in [1.165, 1.54) is 38.5 Å². The molecule has 1 aromatic rings. The molecule has 2 heteroatoms. The number of nitrogens with one attached hydrogen (secondary N) is 1. The molecular formula is C24H39NSi. The number of fused-ring (bicyclic) bond motifs is 2. The van der Waals surface area contributed by atoms with Crippen LogP contribution < -0.4 is 4.98 Å². The van der Waals surface area contributed by atoms with E-state index < -0.39 is 8.24 Å². The third-order valence-corrected chi connectivity index (χ3v) is 11.8. The normalized spacial score (nSPS) is 37.4. The van der Waals surface area contributed by atoms with Gasteiger partial charge in [-0.3, -0.25) is 0 Å². The van der Waals surface area contributed by atoms with Crippen LogP contribution in [0.3, 0.4) is 0 Å². The SMILES string of the molecule is CC(C)(C)N[Si](C)(C)C1CC(c2ccccc2)C2CC3CCCC3CC21. The highest BCUT2D eigenvalue weighted by molar-refractivity contribution is 6.76. The second kappa shape index (κ2) is 6.78. The Balaban J connectivity index is 1.64. The lowest BCUT2D eigenvalue weighted by Gasteiger charge is -2.44. The van der Waals surface area contributed by atoms with Gasteiger partial charge in [-0.25, -0.2) is 0 Å². The van der Waals surface area contributed by atoms with Crippen LogP contribution in [0, 0.1) is 23.7 Å². The maximum atomic E-state index is 4.14. The summed E-state index contributed by atoms with van der Waals surface area (Å²) in [6.45, 7) is 12.3. The van der Waals surface area contributed by atoms with Gasteiger partial charge in [0.25, 0.3) is 0 Å². The van der Waals surface area contributed by atoms with Crippen molar-refractivity contribution in [2.75, 3.05) is 0 Å². The molecule has 0 spiro atoms. The van der Waals surface area contributed by atoms with Crippen LogP contribution in [-0.4, -0.2) is 13.8 Å². The van der Waals surface area contributed by atoms with Crippen molar-refractivity contribution in [3.8, 4) is 0 Å². The van der Waals surface area contributed by atoms with Crippen LogP contribution in [0.15, 0.2) is 30.3 Å². The minimum Gasteiger partial charge on any atom is -0.332 e. The van der Waals surface area contributed by atoms with E-state index in [-0.39, 0.29) is 5.54 Å². The van der Waals surface area contributed by atoms with Gasteiger partial charge in [-0.05, 0) is 80.7 Å². The molecule has 4 rings (SSSR count). The van der Waals surface area contributed by atoms with Crippen LogP contribution in [0.1, 0.15) is 70.8 Å². The molecule has 0 bridgehead atoms. The molecule has 6 unspecified atom stereocenters. The van der Waals surface area contributed by atoms with Crippen molar-refractivity contribution in [1.82, 2.24) is 4.98 Å². The number of rotatable bonds is 3. The lowest BCUT2D eigenvalue weighted by molar-refractivity contribution is 0.146. The molecule has 3 aliphatic rings. The lowest BCUT2D eigenvalue weighted by atomic mass is 9.68. The minimum absolute atomic E-state index is 0.237. The van der Waals surface area contributed by atoms with Gasteiger partial charge in [-0.1, -0.05) is 62.7 Å². The molecule has 6 atom stereocenters. The first-order chi connectivity index (χ1) is 12.2. The van der Waals surface area contributed by atoms with Crippen molar-refractivity contribution in [3.05, 3.63) is 35.9 Å². The van der Waals surface area contributed by atoms with E-state index in [1.807, 2.05) is 0 Å². The molecule has 1 nitrogen and oxygen atoms in total. The van der Waals surface area contributed by atoms with Crippen molar-refractivity contribution in [2.45, 2.75) is 89.4 Å². The minimum atomic E-state index is -1.48. The maximum Gasteiger partial charge on any atom is 0.123 e. The zero-order valence-electron chi connectivity index (χ0n) is 17.6. The smallest absolute Gasteiger partial charge is 0.123 e. The Morgan fingerprint density at radius 1 is 0.885 bits per heavy atom. The van der Waals surface area contributed by atoms with Crippen molar-refractivity contribution in [2.24, 2.45) is 23.7 Å². The van der Waals surface area contributed by atoms with Crippen LogP contribution >= 0.6 is 0 Å². The molecule has 3 aliphatic carbocycles. The molecule has 3 fully saturated rings. The molecule has 0 heterocycles. The third kappa shape index (κ3) is 3.56. The van der Waals surface area contributed by atoms with Gasteiger partial charge in [0.1, 0.15) is 8.24 Å². The molecule has 1 aromatic carbocycles. The molecule has 0 aliphatic heterocycles. The van der Waals surface area contributed by atoms with Gasteiger partial charge in [0.05, 0.1) is 0 Å². The quantitative estimate of drug-likeness (QED) is 0.593. The van der Waals surface area contributed by atoms with Gasteiger partial charge in [0, 0.05) is 5.54 Å². The second-order valence-corrected chi connectivity index (χ2v) is 15.6. The first kappa shape index (κ1) is 18.7. The summed E-state index contributed by atoms with van der Waals surface area (Å²) >= 11 is 0. The van der Waals surface area contributed by atoms with Gasteiger partial charge in [-0.15, -0.1) is 0 Å². The van der Waals surface area contributed by atoms with E-state index in [2.05, 4.69) is 69.2 Å². The summed E-state index contributed by atoms with van der Waals surface area (Å²) in [5.41, 5.74) is 2.79. The van der Waals surface area contributed by atoms with Gasteiger partial charge in [-0.2, -0.15) is 0 Å². The predicted octanol–water partition coefficient (Wildman–Crippen LogP) is 6.58. The molecular weight excluding hydrogens is 330 g/mol. The van der Waals surface area contributed by atoms with Crippen molar-refractivity contribution in [3.63, 3.8) is 0 Å².